The fourth-order valence-corrected chi connectivity index (χ4v) is 3.39. The first-order chi connectivity index (χ1) is 15.3. The Kier molecular flexibility index (Phi) is 6.90. The molecule has 6 heteroatoms. The topological polar surface area (TPSA) is 67.3 Å². The molecule has 0 atom stereocenters. The zero-order valence-corrected chi connectivity index (χ0v) is 17.4. The standard InChI is InChI=1S/C25H26N4O2/c30-25(28-18-21-8-12-24(27-17-21)29-15-3-4-16-29)13-9-20-6-10-23(11-7-20)31-19-22-5-1-2-14-26-22/h1-2,5-14,17H,3-4,15-16,18-19H2,(H,28,30)/b13-9+. The molecule has 1 N–H and O–H groups in total. The summed E-state index contributed by atoms with van der Waals surface area (Å²) in [4.78, 5) is 23.2. The van der Waals surface area contributed by atoms with Crippen molar-refractivity contribution in [2.45, 2.75) is 26.0 Å². The fourth-order valence-electron chi connectivity index (χ4n) is 3.39. The summed E-state index contributed by atoms with van der Waals surface area (Å²) in [5.74, 6) is 1.64. The first kappa shape index (κ1) is 20.6. The second-order valence-electron chi connectivity index (χ2n) is 7.45. The van der Waals surface area contributed by atoms with Gasteiger partial charge in [-0.1, -0.05) is 24.3 Å². The van der Waals surface area contributed by atoms with Gasteiger partial charge in [0.25, 0.3) is 0 Å². The van der Waals surface area contributed by atoms with Crippen molar-refractivity contribution >= 4 is 17.8 Å². The number of ether oxygens (including phenoxy) is 1. The maximum Gasteiger partial charge on any atom is 0.244 e. The molecule has 6 nitrogen and oxygen atoms in total. The Morgan fingerprint density at radius 1 is 1.03 bits per heavy atom. The number of nitrogens with zero attached hydrogens (tertiary/aromatic N) is 3. The van der Waals surface area contributed by atoms with E-state index >= 15 is 0 Å². The normalized spacial score (nSPS) is 13.5. The van der Waals surface area contributed by atoms with E-state index in [9.17, 15) is 4.79 Å². The molecule has 0 spiro atoms. The summed E-state index contributed by atoms with van der Waals surface area (Å²) in [6.45, 7) is 3.03. The summed E-state index contributed by atoms with van der Waals surface area (Å²) < 4.78 is 5.73. The van der Waals surface area contributed by atoms with Gasteiger partial charge in [0.1, 0.15) is 18.2 Å². The minimum atomic E-state index is -0.140. The highest BCUT2D eigenvalue weighted by molar-refractivity contribution is 5.91. The minimum absolute atomic E-state index is 0.140. The van der Waals surface area contributed by atoms with Gasteiger partial charge in [-0.25, -0.2) is 4.98 Å². The summed E-state index contributed by atoms with van der Waals surface area (Å²) in [5.41, 5.74) is 2.79. The fraction of sp³-hybridized carbons (Fsp3) is 0.240. The molecule has 1 aliphatic heterocycles. The van der Waals surface area contributed by atoms with Crippen LogP contribution in [0, 0.1) is 0 Å². The van der Waals surface area contributed by atoms with Gasteiger partial charge in [-0.05, 0) is 60.4 Å². The average molecular weight is 415 g/mol. The molecule has 1 saturated heterocycles. The van der Waals surface area contributed by atoms with E-state index in [1.54, 1.807) is 12.3 Å². The van der Waals surface area contributed by atoms with Gasteiger partial charge in [-0.2, -0.15) is 0 Å². The van der Waals surface area contributed by atoms with Crippen molar-refractivity contribution in [1.29, 1.82) is 0 Å². The van der Waals surface area contributed by atoms with E-state index in [0.29, 0.717) is 13.2 Å². The second kappa shape index (κ2) is 10.4. The number of amides is 1. The van der Waals surface area contributed by atoms with Crippen molar-refractivity contribution in [3.05, 3.63) is 89.9 Å². The Morgan fingerprint density at radius 3 is 2.58 bits per heavy atom. The molecule has 1 fully saturated rings. The maximum atomic E-state index is 12.1. The Hall–Kier alpha value is -3.67. The van der Waals surface area contributed by atoms with E-state index in [-0.39, 0.29) is 5.91 Å². The van der Waals surface area contributed by atoms with Crippen LogP contribution in [-0.2, 0) is 17.9 Å². The number of anilines is 1. The van der Waals surface area contributed by atoms with Crippen LogP contribution in [0.5, 0.6) is 5.75 Å². The van der Waals surface area contributed by atoms with Crippen LogP contribution in [0.4, 0.5) is 5.82 Å². The molecule has 1 aliphatic rings. The predicted molar refractivity (Wildman–Crippen MR) is 122 cm³/mol. The molecule has 0 aliphatic carbocycles. The number of aromatic nitrogens is 2. The lowest BCUT2D eigenvalue weighted by atomic mass is 10.2. The van der Waals surface area contributed by atoms with E-state index in [2.05, 4.69) is 20.2 Å². The highest BCUT2D eigenvalue weighted by atomic mass is 16.5. The first-order valence-electron chi connectivity index (χ1n) is 10.5. The molecule has 2 aromatic heterocycles. The lowest BCUT2D eigenvalue weighted by molar-refractivity contribution is -0.116. The summed E-state index contributed by atoms with van der Waals surface area (Å²) in [5, 5.41) is 2.90. The molecule has 31 heavy (non-hydrogen) atoms. The molecule has 158 valence electrons. The zero-order chi connectivity index (χ0) is 21.3. The summed E-state index contributed by atoms with van der Waals surface area (Å²) in [7, 11) is 0. The quantitative estimate of drug-likeness (QED) is 0.565. The monoisotopic (exact) mass is 414 g/mol. The molecule has 1 aromatic carbocycles. The molecule has 3 heterocycles. The molecule has 0 unspecified atom stereocenters. The van der Waals surface area contributed by atoms with Crippen molar-refractivity contribution in [3.63, 3.8) is 0 Å². The molecular formula is C25H26N4O2. The van der Waals surface area contributed by atoms with E-state index < -0.39 is 0 Å². The predicted octanol–water partition coefficient (Wildman–Crippen LogP) is 3.99. The molecule has 0 saturated carbocycles. The van der Waals surface area contributed by atoms with Crippen LogP contribution in [-0.4, -0.2) is 29.0 Å². The van der Waals surface area contributed by atoms with Crippen LogP contribution in [0.2, 0.25) is 0 Å². The third-order valence-corrected chi connectivity index (χ3v) is 5.13. The van der Waals surface area contributed by atoms with Crippen molar-refractivity contribution in [3.8, 4) is 5.75 Å². The van der Waals surface area contributed by atoms with Gasteiger partial charge < -0.3 is 15.0 Å². The van der Waals surface area contributed by atoms with Crippen LogP contribution in [0.3, 0.4) is 0 Å². The number of hydrogen-bond acceptors (Lipinski definition) is 5. The number of nitrogens with one attached hydrogen (secondary N) is 1. The van der Waals surface area contributed by atoms with Gasteiger partial charge in [-0.15, -0.1) is 0 Å². The number of hydrogen-bond donors (Lipinski definition) is 1. The van der Waals surface area contributed by atoms with Gasteiger partial charge >= 0.3 is 0 Å². The summed E-state index contributed by atoms with van der Waals surface area (Å²) in [6, 6.07) is 17.4. The molecular weight excluding hydrogens is 388 g/mol. The third-order valence-electron chi connectivity index (χ3n) is 5.13. The van der Waals surface area contributed by atoms with Crippen molar-refractivity contribution < 1.29 is 9.53 Å². The van der Waals surface area contributed by atoms with E-state index in [4.69, 9.17) is 4.74 Å². The third kappa shape index (κ3) is 6.15. The van der Waals surface area contributed by atoms with Crippen LogP contribution in [0.1, 0.15) is 29.7 Å². The number of pyridine rings is 2. The Morgan fingerprint density at radius 2 is 1.87 bits per heavy atom. The number of carbonyl (C=O) groups excluding carboxylic acids is 1. The summed E-state index contributed by atoms with van der Waals surface area (Å²) in [6.07, 6.45) is 9.36. The van der Waals surface area contributed by atoms with E-state index in [1.165, 1.54) is 18.9 Å². The van der Waals surface area contributed by atoms with Crippen molar-refractivity contribution in [1.82, 2.24) is 15.3 Å². The number of carbonyl (C=O) groups is 1. The minimum Gasteiger partial charge on any atom is -0.487 e. The Labute approximate surface area is 182 Å². The highest BCUT2D eigenvalue weighted by Crippen LogP contribution is 2.17. The van der Waals surface area contributed by atoms with E-state index in [1.807, 2.05) is 60.8 Å². The van der Waals surface area contributed by atoms with Crippen molar-refractivity contribution in [2.24, 2.45) is 0 Å². The molecule has 1 amide bonds. The lowest BCUT2D eigenvalue weighted by Gasteiger charge is -2.16. The second-order valence-corrected chi connectivity index (χ2v) is 7.45. The van der Waals surface area contributed by atoms with Crippen LogP contribution < -0.4 is 15.0 Å². The Balaban J connectivity index is 1.22. The zero-order valence-electron chi connectivity index (χ0n) is 17.4. The van der Waals surface area contributed by atoms with Gasteiger partial charge in [0.15, 0.2) is 0 Å². The SMILES string of the molecule is O=C(/C=C/c1ccc(OCc2ccccn2)cc1)NCc1ccc(N2CCCC2)nc1. The van der Waals surface area contributed by atoms with Gasteiger partial charge in [0.05, 0.1) is 5.69 Å². The Bertz CT molecular complexity index is 996. The van der Waals surface area contributed by atoms with Crippen LogP contribution in [0.15, 0.2) is 73.1 Å². The van der Waals surface area contributed by atoms with Crippen molar-refractivity contribution in [2.75, 3.05) is 18.0 Å². The number of benzene rings is 1. The van der Waals surface area contributed by atoms with Gasteiger partial charge in [0, 0.05) is 38.1 Å². The van der Waals surface area contributed by atoms with Crippen LogP contribution >= 0.6 is 0 Å². The van der Waals surface area contributed by atoms with Gasteiger partial charge in [0.2, 0.25) is 5.91 Å². The first-order valence-corrected chi connectivity index (χ1v) is 10.5. The molecule has 0 radical (unpaired) electrons. The summed E-state index contributed by atoms with van der Waals surface area (Å²) >= 11 is 0. The smallest absolute Gasteiger partial charge is 0.244 e. The number of rotatable bonds is 8. The lowest BCUT2D eigenvalue weighted by Crippen LogP contribution is -2.21. The maximum absolute atomic E-state index is 12.1. The molecule has 4 rings (SSSR count). The largest absolute Gasteiger partial charge is 0.487 e. The molecule has 3 aromatic rings. The van der Waals surface area contributed by atoms with Crippen LogP contribution in [0.25, 0.3) is 6.08 Å². The molecule has 0 bridgehead atoms. The van der Waals surface area contributed by atoms with Gasteiger partial charge in [-0.3, -0.25) is 9.78 Å². The van der Waals surface area contributed by atoms with E-state index in [0.717, 1.165) is 41.5 Å². The average Bonchev–Trinajstić information content (AvgIpc) is 3.37. The highest BCUT2D eigenvalue weighted by Gasteiger charge is 2.12.